The largest absolute Gasteiger partial charge is 0.409 e. The Morgan fingerprint density at radius 3 is 2.33 bits per heavy atom. The fraction of sp³-hybridized carbons (Fsp3) is 0.833. The third-order valence-electron chi connectivity index (χ3n) is 4.32. The average Bonchev–Trinajstić information content (AvgIpc) is 2.37. The van der Waals surface area contributed by atoms with Crippen LogP contribution in [0.25, 0.3) is 0 Å². The van der Waals surface area contributed by atoms with E-state index in [9.17, 15) is 4.79 Å². The highest BCUT2D eigenvalue weighted by molar-refractivity contribution is 6.07. The fourth-order valence-electron chi connectivity index (χ4n) is 2.78. The van der Waals surface area contributed by atoms with Crippen LogP contribution in [0, 0.1) is 5.41 Å². The van der Waals surface area contributed by atoms with E-state index in [1.54, 1.807) is 0 Å². The number of carbonyl (C=O) groups excluding carboxylic acids is 1. The highest BCUT2D eigenvalue weighted by atomic mass is 16.4. The molecule has 1 amide bonds. The van der Waals surface area contributed by atoms with Gasteiger partial charge in [0, 0.05) is 26.2 Å². The van der Waals surface area contributed by atoms with Crippen molar-refractivity contribution in [3.05, 3.63) is 0 Å². The minimum Gasteiger partial charge on any atom is -0.409 e. The molecule has 0 radical (unpaired) electrons. The molecule has 6 heteroatoms. The van der Waals surface area contributed by atoms with Gasteiger partial charge in [0.2, 0.25) is 5.91 Å². The molecule has 6 nitrogen and oxygen atoms in total. The molecule has 1 aliphatic carbocycles. The average molecular weight is 254 g/mol. The first-order chi connectivity index (χ1) is 8.64. The molecule has 18 heavy (non-hydrogen) atoms. The molecule has 1 saturated heterocycles. The molecule has 0 aromatic heterocycles. The van der Waals surface area contributed by atoms with E-state index in [2.05, 4.69) is 17.0 Å². The highest BCUT2D eigenvalue weighted by Crippen LogP contribution is 2.42. The summed E-state index contributed by atoms with van der Waals surface area (Å²) in [5.41, 5.74) is 5.00. The van der Waals surface area contributed by atoms with Crippen LogP contribution in [0.2, 0.25) is 0 Å². The Kier molecular flexibility index (Phi) is 3.75. The molecule has 1 heterocycles. The molecule has 0 aromatic carbocycles. The van der Waals surface area contributed by atoms with Gasteiger partial charge in [-0.2, -0.15) is 0 Å². The van der Waals surface area contributed by atoms with E-state index in [-0.39, 0.29) is 11.7 Å². The molecule has 1 aliphatic heterocycles. The highest BCUT2D eigenvalue weighted by Gasteiger charge is 2.50. The Balaban J connectivity index is 2.03. The summed E-state index contributed by atoms with van der Waals surface area (Å²) in [6, 6.07) is 0. The lowest BCUT2D eigenvalue weighted by Crippen LogP contribution is -2.59. The molecular formula is C12H22N4O2. The van der Waals surface area contributed by atoms with Gasteiger partial charge in [0.15, 0.2) is 5.84 Å². The molecular weight excluding hydrogens is 232 g/mol. The van der Waals surface area contributed by atoms with Crippen LogP contribution in [-0.2, 0) is 4.79 Å². The number of rotatable bonds is 3. The van der Waals surface area contributed by atoms with Crippen LogP contribution in [-0.4, -0.2) is 59.5 Å². The maximum atomic E-state index is 12.5. The van der Waals surface area contributed by atoms with Crippen molar-refractivity contribution in [1.29, 1.82) is 0 Å². The summed E-state index contributed by atoms with van der Waals surface area (Å²) in [6.45, 7) is 6.46. The molecule has 102 valence electrons. The van der Waals surface area contributed by atoms with Crippen molar-refractivity contribution >= 4 is 11.7 Å². The predicted octanol–water partition coefficient (Wildman–Crippen LogP) is 0.0672. The number of likely N-dealkylation sites (N-methyl/N-ethyl adjacent to an activating group) is 1. The van der Waals surface area contributed by atoms with Crippen LogP contribution < -0.4 is 5.73 Å². The second kappa shape index (κ2) is 5.14. The number of nitrogens with two attached hydrogens (primary N) is 1. The maximum absolute atomic E-state index is 12.5. The fourth-order valence-corrected chi connectivity index (χ4v) is 2.78. The van der Waals surface area contributed by atoms with Gasteiger partial charge in [0.1, 0.15) is 5.41 Å². The molecule has 0 unspecified atom stereocenters. The van der Waals surface area contributed by atoms with Gasteiger partial charge in [-0.15, -0.1) is 0 Å². The van der Waals surface area contributed by atoms with Crippen molar-refractivity contribution < 1.29 is 10.0 Å². The summed E-state index contributed by atoms with van der Waals surface area (Å²) < 4.78 is 0. The van der Waals surface area contributed by atoms with Crippen molar-refractivity contribution in [3.8, 4) is 0 Å². The minimum absolute atomic E-state index is 0.0415. The Morgan fingerprint density at radius 1 is 1.33 bits per heavy atom. The van der Waals surface area contributed by atoms with Crippen molar-refractivity contribution in [2.75, 3.05) is 32.7 Å². The third-order valence-corrected chi connectivity index (χ3v) is 4.32. The van der Waals surface area contributed by atoms with E-state index in [1.165, 1.54) is 0 Å². The van der Waals surface area contributed by atoms with Crippen molar-refractivity contribution in [3.63, 3.8) is 0 Å². The number of oxime groups is 1. The lowest BCUT2D eigenvalue weighted by molar-refractivity contribution is -0.144. The van der Waals surface area contributed by atoms with Crippen LogP contribution in [0.3, 0.4) is 0 Å². The number of hydrogen-bond donors (Lipinski definition) is 2. The number of amides is 1. The van der Waals surface area contributed by atoms with Gasteiger partial charge in [0.25, 0.3) is 0 Å². The molecule has 0 spiro atoms. The van der Waals surface area contributed by atoms with Gasteiger partial charge in [-0.25, -0.2) is 0 Å². The van der Waals surface area contributed by atoms with Gasteiger partial charge in [-0.3, -0.25) is 4.79 Å². The molecule has 2 rings (SSSR count). The number of hydrogen-bond acceptors (Lipinski definition) is 4. The van der Waals surface area contributed by atoms with Crippen molar-refractivity contribution in [1.82, 2.24) is 9.80 Å². The van der Waals surface area contributed by atoms with Gasteiger partial charge in [-0.05, 0) is 19.4 Å². The molecule has 0 bridgehead atoms. The van der Waals surface area contributed by atoms with Crippen LogP contribution in [0.15, 0.2) is 5.16 Å². The Bertz CT molecular complexity index is 344. The molecule has 2 aliphatic rings. The standard InChI is InChI=1S/C12H22N4O2/c1-2-15-6-8-16(9-7-15)11(17)12(4-3-5-12)10(13)14-18/h18H,2-9H2,1H3,(H2,13,14). The van der Waals surface area contributed by atoms with Gasteiger partial charge >= 0.3 is 0 Å². The summed E-state index contributed by atoms with van der Waals surface area (Å²) in [6.07, 6.45) is 2.38. The van der Waals surface area contributed by atoms with Crippen molar-refractivity contribution in [2.45, 2.75) is 26.2 Å². The van der Waals surface area contributed by atoms with Crippen LogP contribution >= 0.6 is 0 Å². The summed E-state index contributed by atoms with van der Waals surface area (Å²) in [7, 11) is 0. The lowest BCUT2D eigenvalue weighted by Gasteiger charge is -2.44. The zero-order valence-electron chi connectivity index (χ0n) is 10.9. The Morgan fingerprint density at radius 2 is 1.94 bits per heavy atom. The van der Waals surface area contributed by atoms with Crippen molar-refractivity contribution in [2.24, 2.45) is 16.3 Å². The van der Waals surface area contributed by atoms with E-state index in [0.717, 1.165) is 39.1 Å². The van der Waals surface area contributed by atoms with E-state index < -0.39 is 5.41 Å². The normalized spacial score (nSPS) is 24.7. The van der Waals surface area contributed by atoms with E-state index in [0.29, 0.717) is 12.8 Å². The zero-order valence-corrected chi connectivity index (χ0v) is 10.9. The topological polar surface area (TPSA) is 82.2 Å². The molecule has 0 atom stereocenters. The van der Waals surface area contributed by atoms with Crippen LogP contribution in [0.1, 0.15) is 26.2 Å². The summed E-state index contributed by atoms with van der Waals surface area (Å²) in [4.78, 5) is 16.7. The number of carbonyl (C=O) groups is 1. The Labute approximate surface area is 107 Å². The monoisotopic (exact) mass is 254 g/mol. The number of nitrogens with zero attached hydrogens (tertiary/aromatic N) is 3. The van der Waals surface area contributed by atoms with Gasteiger partial charge < -0.3 is 20.7 Å². The van der Waals surface area contributed by atoms with E-state index in [1.807, 2.05) is 4.90 Å². The summed E-state index contributed by atoms with van der Waals surface area (Å²) in [5, 5.41) is 11.9. The summed E-state index contributed by atoms with van der Waals surface area (Å²) >= 11 is 0. The smallest absolute Gasteiger partial charge is 0.236 e. The lowest BCUT2D eigenvalue weighted by atomic mass is 9.66. The quantitative estimate of drug-likeness (QED) is 0.323. The van der Waals surface area contributed by atoms with Crippen LogP contribution in [0.4, 0.5) is 0 Å². The van der Waals surface area contributed by atoms with Gasteiger partial charge in [-0.1, -0.05) is 18.5 Å². The zero-order chi connectivity index (χ0) is 13.2. The molecule has 2 fully saturated rings. The molecule has 1 saturated carbocycles. The van der Waals surface area contributed by atoms with Crippen LogP contribution in [0.5, 0.6) is 0 Å². The maximum Gasteiger partial charge on any atom is 0.236 e. The SMILES string of the molecule is CCN1CCN(C(=O)C2(C(N)=NO)CCC2)CC1. The van der Waals surface area contributed by atoms with E-state index in [4.69, 9.17) is 10.9 Å². The number of amidine groups is 1. The van der Waals surface area contributed by atoms with E-state index >= 15 is 0 Å². The first-order valence-electron chi connectivity index (χ1n) is 6.64. The second-order valence-corrected chi connectivity index (χ2v) is 5.15. The first kappa shape index (κ1) is 13.1. The third kappa shape index (κ3) is 2.05. The molecule has 0 aromatic rings. The Hall–Kier alpha value is -1.30. The second-order valence-electron chi connectivity index (χ2n) is 5.15. The number of piperazine rings is 1. The first-order valence-corrected chi connectivity index (χ1v) is 6.64. The summed E-state index contributed by atoms with van der Waals surface area (Å²) in [5.74, 6) is 0.122. The minimum atomic E-state index is -0.719. The molecule has 3 N–H and O–H groups in total. The predicted molar refractivity (Wildman–Crippen MR) is 68.4 cm³/mol. The van der Waals surface area contributed by atoms with Gasteiger partial charge in [0.05, 0.1) is 0 Å².